The van der Waals surface area contributed by atoms with E-state index in [2.05, 4.69) is 0 Å². The molecule has 2 fully saturated rings. The molecule has 0 bridgehead atoms. The van der Waals surface area contributed by atoms with Crippen molar-refractivity contribution in [2.24, 2.45) is 5.92 Å². The summed E-state index contributed by atoms with van der Waals surface area (Å²) in [7, 11) is 0. The fourth-order valence-corrected chi connectivity index (χ4v) is 3.77. The summed E-state index contributed by atoms with van der Waals surface area (Å²) in [5.74, 6) is -1.01. The van der Waals surface area contributed by atoms with Crippen molar-refractivity contribution in [3.05, 3.63) is 35.4 Å². The van der Waals surface area contributed by atoms with Gasteiger partial charge in [0, 0.05) is 18.0 Å². The van der Waals surface area contributed by atoms with Crippen molar-refractivity contribution in [2.45, 2.75) is 50.7 Å². The van der Waals surface area contributed by atoms with Crippen molar-refractivity contribution in [1.82, 2.24) is 4.90 Å². The van der Waals surface area contributed by atoms with E-state index in [9.17, 15) is 18.7 Å². The molecule has 2 aliphatic rings. The molecule has 6 heteroatoms. The van der Waals surface area contributed by atoms with Crippen molar-refractivity contribution in [3.63, 3.8) is 0 Å². The SMILES string of the molecule is CC(C)(C)OC(=O)N1C[C@@]2(c3cc(F)cc(F)c3)CC2CC1CO. The van der Waals surface area contributed by atoms with Gasteiger partial charge in [0.1, 0.15) is 17.2 Å². The number of piperidine rings is 1. The monoisotopic (exact) mass is 339 g/mol. The van der Waals surface area contributed by atoms with Crippen LogP contribution in [0.15, 0.2) is 18.2 Å². The molecule has 1 aliphatic carbocycles. The fourth-order valence-electron chi connectivity index (χ4n) is 3.77. The minimum Gasteiger partial charge on any atom is -0.444 e. The van der Waals surface area contributed by atoms with Gasteiger partial charge in [-0.25, -0.2) is 13.6 Å². The molecule has 0 spiro atoms. The Bertz CT molecular complexity index is 638. The Balaban J connectivity index is 1.87. The Labute approximate surface area is 140 Å². The van der Waals surface area contributed by atoms with Gasteiger partial charge in [0.25, 0.3) is 0 Å². The third kappa shape index (κ3) is 3.11. The number of amides is 1. The number of ether oxygens (including phenoxy) is 1. The van der Waals surface area contributed by atoms with Crippen molar-refractivity contribution < 1.29 is 23.4 Å². The number of nitrogens with zero attached hydrogens (tertiary/aromatic N) is 1. The van der Waals surface area contributed by atoms with E-state index in [0.29, 0.717) is 18.5 Å². The summed E-state index contributed by atoms with van der Waals surface area (Å²) in [4.78, 5) is 14.0. The van der Waals surface area contributed by atoms with Crippen LogP contribution < -0.4 is 0 Å². The van der Waals surface area contributed by atoms with Crippen LogP contribution in [0.3, 0.4) is 0 Å². The minimum absolute atomic E-state index is 0.149. The first-order chi connectivity index (χ1) is 11.1. The number of halogens is 2. The quantitative estimate of drug-likeness (QED) is 0.900. The number of fused-ring (bicyclic) bond motifs is 1. The van der Waals surface area contributed by atoms with Gasteiger partial charge >= 0.3 is 6.09 Å². The van der Waals surface area contributed by atoms with Crippen LogP contribution in [0, 0.1) is 17.6 Å². The standard InChI is InChI=1S/C18H23F2NO3/c1-17(2,3)24-16(23)21-10-18(8-12(18)6-15(21)9-22)11-4-13(19)7-14(20)5-11/h4-5,7,12,15,22H,6,8-10H2,1-3H3/t12?,15?,18-/m1/s1. The molecule has 24 heavy (non-hydrogen) atoms. The topological polar surface area (TPSA) is 49.8 Å². The Morgan fingerprint density at radius 3 is 2.50 bits per heavy atom. The van der Waals surface area contributed by atoms with E-state index in [4.69, 9.17) is 4.74 Å². The second kappa shape index (κ2) is 5.69. The minimum atomic E-state index is -0.643. The molecule has 1 amide bonds. The number of likely N-dealkylation sites (tertiary alicyclic amines) is 1. The van der Waals surface area contributed by atoms with E-state index in [1.54, 1.807) is 20.8 Å². The lowest BCUT2D eigenvalue weighted by atomic mass is 9.86. The van der Waals surface area contributed by atoms with Gasteiger partial charge in [-0.15, -0.1) is 0 Å². The number of benzene rings is 1. The predicted octanol–water partition coefficient (Wildman–Crippen LogP) is 3.22. The van der Waals surface area contributed by atoms with Crippen molar-refractivity contribution in [3.8, 4) is 0 Å². The van der Waals surface area contributed by atoms with E-state index in [-0.39, 0.29) is 18.6 Å². The number of carbonyl (C=O) groups is 1. The van der Waals surface area contributed by atoms with E-state index < -0.39 is 28.7 Å². The molecular formula is C18H23F2NO3. The molecule has 1 aromatic carbocycles. The van der Waals surface area contributed by atoms with Crippen LogP contribution in [0.5, 0.6) is 0 Å². The average molecular weight is 339 g/mol. The Morgan fingerprint density at radius 1 is 1.33 bits per heavy atom. The van der Waals surface area contributed by atoms with Crippen LogP contribution in [0.1, 0.15) is 39.2 Å². The zero-order valence-electron chi connectivity index (χ0n) is 14.2. The van der Waals surface area contributed by atoms with Gasteiger partial charge in [-0.2, -0.15) is 0 Å². The Hall–Kier alpha value is -1.69. The average Bonchev–Trinajstić information content (AvgIpc) is 3.17. The molecule has 0 aromatic heterocycles. The number of hydrogen-bond acceptors (Lipinski definition) is 3. The molecule has 132 valence electrons. The van der Waals surface area contributed by atoms with Gasteiger partial charge in [-0.05, 0) is 57.2 Å². The summed E-state index contributed by atoms with van der Waals surface area (Å²) >= 11 is 0. The zero-order valence-corrected chi connectivity index (χ0v) is 14.2. The first-order valence-corrected chi connectivity index (χ1v) is 8.22. The molecular weight excluding hydrogens is 316 g/mol. The Morgan fingerprint density at radius 2 is 1.96 bits per heavy atom. The number of aliphatic hydroxyl groups excluding tert-OH is 1. The maximum absolute atomic E-state index is 13.6. The molecule has 3 rings (SSSR count). The highest BCUT2D eigenvalue weighted by atomic mass is 19.1. The van der Waals surface area contributed by atoms with Crippen LogP contribution in [0.25, 0.3) is 0 Å². The summed E-state index contributed by atoms with van der Waals surface area (Å²) in [6.45, 7) is 5.49. The lowest BCUT2D eigenvalue weighted by Gasteiger charge is -2.39. The normalized spacial score (nSPS) is 29.2. The molecule has 1 aliphatic heterocycles. The first-order valence-electron chi connectivity index (χ1n) is 8.22. The first kappa shape index (κ1) is 17.1. The molecule has 1 N–H and O–H groups in total. The maximum Gasteiger partial charge on any atom is 0.410 e. The van der Waals surface area contributed by atoms with E-state index in [1.807, 2.05) is 0 Å². The summed E-state index contributed by atoms with van der Waals surface area (Å²) in [5.41, 5.74) is -0.504. The summed E-state index contributed by atoms with van der Waals surface area (Å²) in [5, 5.41) is 9.62. The van der Waals surface area contributed by atoms with Crippen molar-refractivity contribution >= 4 is 6.09 Å². The van der Waals surface area contributed by atoms with Crippen LogP contribution in [0.2, 0.25) is 0 Å². The number of rotatable bonds is 2. The summed E-state index contributed by atoms with van der Waals surface area (Å²) in [6.07, 6.45) is 0.864. The molecule has 2 unspecified atom stereocenters. The molecule has 1 aromatic rings. The highest BCUT2D eigenvalue weighted by Gasteiger charge is 2.61. The molecule has 4 nitrogen and oxygen atoms in total. The van der Waals surface area contributed by atoms with Gasteiger partial charge in [0.15, 0.2) is 0 Å². The van der Waals surface area contributed by atoms with Crippen LogP contribution in [-0.4, -0.2) is 40.9 Å². The van der Waals surface area contributed by atoms with Crippen LogP contribution >= 0.6 is 0 Å². The van der Waals surface area contributed by atoms with Crippen molar-refractivity contribution in [1.29, 1.82) is 0 Å². The third-order valence-electron chi connectivity index (χ3n) is 4.96. The molecule has 1 saturated heterocycles. The number of hydrogen-bond donors (Lipinski definition) is 1. The number of carbonyl (C=O) groups excluding carboxylic acids is 1. The third-order valence-corrected chi connectivity index (χ3v) is 4.96. The highest BCUT2D eigenvalue weighted by molar-refractivity contribution is 5.69. The van der Waals surface area contributed by atoms with Gasteiger partial charge < -0.3 is 14.7 Å². The van der Waals surface area contributed by atoms with E-state index >= 15 is 0 Å². The Kier molecular flexibility index (Phi) is 4.06. The van der Waals surface area contributed by atoms with Crippen molar-refractivity contribution in [2.75, 3.05) is 13.2 Å². The highest BCUT2D eigenvalue weighted by Crippen LogP contribution is 2.60. The lowest BCUT2D eigenvalue weighted by molar-refractivity contribution is -0.00200. The summed E-state index contributed by atoms with van der Waals surface area (Å²) < 4.78 is 32.6. The lowest BCUT2D eigenvalue weighted by Crippen LogP contribution is -2.52. The van der Waals surface area contributed by atoms with Gasteiger partial charge in [-0.3, -0.25) is 0 Å². The molecule has 1 saturated carbocycles. The second-order valence-corrected chi connectivity index (χ2v) is 7.90. The predicted molar refractivity (Wildman–Crippen MR) is 84.6 cm³/mol. The largest absolute Gasteiger partial charge is 0.444 e. The van der Waals surface area contributed by atoms with E-state index in [0.717, 1.165) is 12.5 Å². The molecule has 0 radical (unpaired) electrons. The maximum atomic E-state index is 13.6. The van der Waals surface area contributed by atoms with Gasteiger partial charge in [-0.1, -0.05) is 0 Å². The van der Waals surface area contributed by atoms with Gasteiger partial charge in [0.05, 0.1) is 12.6 Å². The number of aliphatic hydroxyl groups is 1. The second-order valence-electron chi connectivity index (χ2n) is 7.90. The molecule has 3 atom stereocenters. The summed E-state index contributed by atoms with van der Waals surface area (Å²) in [6, 6.07) is 3.21. The van der Waals surface area contributed by atoms with Crippen LogP contribution in [-0.2, 0) is 10.2 Å². The smallest absolute Gasteiger partial charge is 0.410 e. The van der Waals surface area contributed by atoms with Gasteiger partial charge in [0.2, 0.25) is 0 Å². The van der Waals surface area contributed by atoms with E-state index in [1.165, 1.54) is 17.0 Å². The fraction of sp³-hybridized carbons (Fsp3) is 0.611. The van der Waals surface area contributed by atoms with Crippen LogP contribution in [0.4, 0.5) is 13.6 Å². The zero-order chi connectivity index (χ0) is 17.7. The molecule has 1 heterocycles.